The minimum absolute atomic E-state index is 0.190. The van der Waals surface area contributed by atoms with Crippen molar-refractivity contribution in [2.45, 2.75) is 71.4 Å². The van der Waals surface area contributed by atoms with Crippen LogP contribution in [0.2, 0.25) is 0 Å². The fraction of sp³-hybridized carbons (Fsp3) is 0.688. The van der Waals surface area contributed by atoms with Crippen LogP contribution >= 0.6 is 0 Å². The molecule has 0 saturated heterocycles. The average molecular weight is 308 g/mol. The lowest BCUT2D eigenvalue weighted by molar-refractivity contribution is -0.129. The molecule has 122 valence electrons. The summed E-state index contributed by atoms with van der Waals surface area (Å²) >= 11 is 0. The SMILES string of the molecule is Cc1noc(C)c1C(=O)O[C@@H](C)C(=O)NC1CCCCCC1. The van der Waals surface area contributed by atoms with E-state index in [-0.39, 0.29) is 11.9 Å². The van der Waals surface area contributed by atoms with E-state index in [1.165, 1.54) is 12.8 Å². The quantitative estimate of drug-likeness (QED) is 0.683. The molecule has 1 aromatic heterocycles. The molecular formula is C16H24N2O4. The number of carbonyl (C=O) groups is 2. The topological polar surface area (TPSA) is 81.4 Å². The molecule has 1 saturated carbocycles. The number of amides is 1. The van der Waals surface area contributed by atoms with Gasteiger partial charge in [0.2, 0.25) is 0 Å². The standard InChI is InChI=1S/C16H24N2O4/c1-10-14(11(2)22-18-10)16(20)21-12(3)15(19)17-13-8-6-4-5-7-9-13/h12-13H,4-9H2,1-3H3,(H,17,19)/t12-/m0/s1. The van der Waals surface area contributed by atoms with Crippen molar-refractivity contribution in [3.8, 4) is 0 Å². The van der Waals surface area contributed by atoms with Crippen LogP contribution in [0.1, 0.15) is 67.3 Å². The zero-order chi connectivity index (χ0) is 16.1. The first-order valence-electron chi connectivity index (χ1n) is 7.93. The molecule has 1 aromatic rings. The van der Waals surface area contributed by atoms with E-state index in [1.54, 1.807) is 20.8 Å². The summed E-state index contributed by atoms with van der Waals surface area (Å²) < 4.78 is 10.2. The first-order chi connectivity index (χ1) is 10.5. The predicted octanol–water partition coefficient (Wildman–Crippen LogP) is 2.68. The van der Waals surface area contributed by atoms with Gasteiger partial charge < -0.3 is 14.6 Å². The van der Waals surface area contributed by atoms with Gasteiger partial charge in [0.05, 0.1) is 5.69 Å². The third-order valence-corrected chi connectivity index (χ3v) is 4.09. The third-order valence-electron chi connectivity index (χ3n) is 4.09. The van der Waals surface area contributed by atoms with Crippen molar-refractivity contribution < 1.29 is 18.8 Å². The number of esters is 1. The van der Waals surface area contributed by atoms with Crippen LogP contribution in [0, 0.1) is 13.8 Å². The second-order valence-electron chi connectivity index (χ2n) is 5.94. The lowest BCUT2D eigenvalue weighted by Gasteiger charge is -2.19. The summed E-state index contributed by atoms with van der Waals surface area (Å²) in [5.74, 6) is -0.411. The molecule has 0 bridgehead atoms. The van der Waals surface area contributed by atoms with E-state index in [0.29, 0.717) is 17.0 Å². The summed E-state index contributed by atoms with van der Waals surface area (Å²) in [4.78, 5) is 24.3. The van der Waals surface area contributed by atoms with Crippen LogP contribution in [0.15, 0.2) is 4.52 Å². The Kier molecular flexibility index (Phi) is 5.57. The molecule has 1 aliphatic rings. The second kappa shape index (κ2) is 7.42. The van der Waals surface area contributed by atoms with Gasteiger partial charge in [-0.1, -0.05) is 30.8 Å². The molecule has 6 heteroatoms. The van der Waals surface area contributed by atoms with Gasteiger partial charge >= 0.3 is 5.97 Å². The van der Waals surface area contributed by atoms with Crippen molar-refractivity contribution in [3.05, 3.63) is 17.0 Å². The Bertz CT molecular complexity index is 511. The van der Waals surface area contributed by atoms with Crippen molar-refractivity contribution in [1.29, 1.82) is 0 Å². The number of ether oxygens (including phenoxy) is 1. The van der Waals surface area contributed by atoms with Crippen molar-refractivity contribution in [1.82, 2.24) is 10.5 Å². The Labute approximate surface area is 130 Å². The summed E-state index contributed by atoms with van der Waals surface area (Å²) in [5.41, 5.74) is 0.771. The molecule has 2 rings (SSSR count). The average Bonchev–Trinajstić information content (AvgIpc) is 2.67. The van der Waals surface area contributed by atoms with Crippen molar-refractivity contribution in [3.63, 3.8) is 0 Å². The highest BCUT2D eigenvalue weighted by Gasteiger charge is 2.25. The third kappa shape index (κ3) is 4.08. The maximum atomic E-state index is 12.2. The summed E-state index contributed by atoms with van der Waals surface area (Å²) in [5, 5.41) is 6.70. The molecule has 1 heterocycles. The van der Waals surface area contributed by atoms with E-state index in [0.717, 1.165) is 25.7 Å². The molecule has 0 aliphatic heterocycles. The number of hydrogen-bond acceptors (Lipinski definition) is 5. The van der Waals surface area contributed by atoms with Gasteiger partial charge in [-0.15, -0.1) is 0 Å². The van der Waals surface area contributed by atoms with Crippen LogP contribution in [0.3, 0.4) is 0 Å². The lowest BCUT2D eigenvalue weighted by Crippen LogP contribution is -2.41. The van der Waals surface area contributed by atoms with Gasteiger partial charge in [0.15, 0.2) is 6.10 Å². The molecule has 0 radical (unpaired) electrons. The van der Waals surface area contributed by atoms with Gasteiger partial charge in [-0.2, -0.15) is 0 Å². The first-order valence-corrected chi connectivity index (χ1v) is 7.93. The number of hydrogen-bond donors (Lipinski definition) is 1. The molecule has 1 fully saturated rings. The zero-order valence-electron chi connectivity index (χ0n) is 13.5. The van der Waals surface area contributed by atoms with Crippen molar-refractivity contribution in [2.75, 3.05) is 0 Å². The highest BCUT2D eigenvalue weighted by molar-refractivity contribution is 5.93. The van der Waals surface area contributed by atoms with E-state index in [1.807, 2.05) is 0 Å². The molecule has 0 spiro atoms. The molecule has 1 aliphatic carbocycles. The number of carbonyl (C=O) groups excluding carboxylic acids is 2. The summed E-state index contributed by atoms with van der Waals surface area (Å²) in [7, 11) is 0. The maximum Gasteiger partial charge on any atom is 0.344 e. The number of aromatic nitrogens is 1. The van der Waals surface area contributed by atoms with E-state index in [9.17, 15) is 9.59 Å². The minimum atomic E-state index is -0.829. The highest BCUT2D eigenvalue weighted by Crippen LogP contribution is 2.18. The lowest BCUT2D eigenvalue weighted by atomic mass is 10.1. The van der Waals surface area contributed by atoms with Crippen LogP contribution in [0.25, 0.3) is 0 Å². The summed E-state index contributed by atoms with van der Waals surface area (Å²) in [6.45, 7) is 4.90. The van der Waals surface area contributed by atoms with E-state index in [4.69, 9.17) is 9.26 Å². The van der Waals surface area contributed by atoms with Gasteiger partial charge in [-0.05, 0) is 33.6 Å². The van der Waals surface area contributed by atoms with Gasteiger partial charge in [0.25, 0.3) is 5.91 Å². The Morgan fingerprint density at radius 3 is 2.41 bits per heavy atom. The summed E-state index contributed by atoms with van der Waals surface area (Å²) in [6, 6.07) is 0.190. The number of aryl methyl sites for hydroxylation is 2. The van der Waals surface area contributed by atoms with Crippen molar-refractivity contribution >= 4 is 11.9 Å². The largest absolute Gasteiger partial charge is 0.449 e. The molecule has 6 nitrogen and oxygen atoms in total. The van der Waals surface area contributed by atoms with Crippen LogP contribution in [0.4, 0.5) is 0 Å². The minimum Gasteiger partial charge on any atom is -0.449 e. The van der Waals surface area contributed by atoms with Crippen LogP contribution in [-0.4, -0.2) is 29.2 Å². The normalized spacial score (nSPS) is 17.6. The molecule has 0 aromatic carbocycles. The predicted molar refractivity (Wildman–Crippen MR) is 80.5 cm³/mol. The Balaban J connectivity index is 1.89. The molecular weight excluding hydrogens is 284 g/mol. The Morgan fingerprint density at radius 1 is 1.23 bits per heavy atom. The van der Waals surface area contributed by atoms with E-state index in [2.05, 4.69) is 10.5 Å². The van der Waals surface area contributed by atoms with Crippen LogP contribution in [-0.2, 0) is 9.53 Å². The first kappa shape index (κ1) is 16.5. The van der Waals surface area contributed by atoms with Gasteiger partial charge in [-0.25, -0.2) is 4.79 Å². The van der Waals surface area contributed by atoms with E-state index < -0.39 is 12.1 Å². The maximum absolute atomic E-state index is 12.2. The molecule has 1 atom stereocenters. The monoisotopic (exact) mass is 308 g/mol. The van der Waals surface area contributed by atoms with Crippen molar-refractivity contribution in [2.24, 2.45) is 0 Å². The molecule has 0 unspecified atom stereocenters. The summed E-state index contributed by atoms with van der Waals surface area (Å²) in [6.07, 6.45) is 5.89. The van der Waals surface area contributed by atoms with Gasteiger partial charge in [0, 0.05) is 6.04 Å². The molecule has 1 amide bonds. The fourth-order valence-electron chi connectivity index (χ4n) is 2.79. The number of nitrogens with one attached hydrogen (secondary N) is 1. The van der Waals surface area contributed by atoms with Gasteiger partial charge in [-0.3, -0.25) is 4.79 Å². The number of nitrogens with zero attached hydrogens (tertiary/aromatic N) is 1. The smallest absolute Gasteiger partial charge is 0.344 e. The van der Waals surface area contributed by atoms with E-state index >= 15 is 0 Å². The van der Waals surface area contributed by atoms with Crippen LogP contribution in [0.5, 0.6) is 0 Å². The second-order valence-corrected chi connectivity index (χ2v) is 5.94. The van der Waals surface area contributed by atoms with Crippen LogP contribution < -0.4 is 5.32 Å². The number of rotatable bonds is 4. The molecule has 22 heavy (non-hydrogen) atoms. The fourth-order valence-corrected chi connectivity index (χ4v) is 2.79. The molecule has 1 N–H and O–H groups in total. The zero-order valence-corrected chi connectivity index (χ0v) is 13.5. The van der Waals surface area contributed by atoms with Gasteiger partial charge in [0.1, 0.15) is 11.3 Å². The Morgan fingerprint density at radius 2 is 1.86 bits per heavy atom. The highest BCUT2D eigenvalue weighted by atomic mass is 16.5. The Hall–Kier alpha value is -1.85.